The van der Waals surface area contributed by atoms with Crippen molar-refractivity contribution in [2.45, 2.75) is 13.0 Å². The molecule has 1 saturated heterocycles. The van der Waals surface area contributed by atoms with Crippen LogP contribution in [-0.4, -0.2) is 65.2 Å². The first-order valence-corrected chi connectivity index (χ1v) is 8.76. The predicted octanol–water partition coefficient (Wildman–Crippen LogP) is 0.780. The van der Waals surface area contributed by atoms with E-state index in [2.05, 4.69) is 5.10 Å². The first kappa shape index (κ1) is 18.6. The predicted molar refractivity (Wildman–Crippen MR) is 99.4 cm³/mol. The smallest absolute Gasteiger partial charge is 0.267 e. The van der Waals surface area contributed by atoms with Gasteiger partial charge in [-0.15, -0.1) is 0 Å². The van der Waals surface area contributed by atoms with Crippen LogP contribution in [0.3, 0.4) is 0 Å². The lowest BCUT2D eigenvalue weighted by molar-refractivity contribution is -0.138. The van der Waals surface area contributed by atoms with E-state index in [1.165, 1.54) is 10.7 Å². The summed E-state index contributed by atoms with van der Waals surface area (Å²) in [6.07, 6.45) is 0.787. The standard InChI is InChI=1S/C19H22N4O4/c1-14(19(26)22-11-9-21(13-24)10-12-22)23-18(25)8-7-17(20-23)15-3-5-16(27-2)6-4-15/h3-8,13-14H,9-12H2,1-2H3. The molecule has 1 fully saturated rings. The lowest BCUT2D eigenvalue weighted by Gasteiger charge is -2.34. The van der Waals surface area contributed by atoms with Crippen LogP contribution in [0.4, 0.5) is 0 Å². The number of piperazine rings is 1. The Hall–Kier alpha value is -3.16. The summed E-state index contributed by atoms with van der Waals surface area (Å²) < 4.78 is 6.37. The van der Waals surface area contributed by atoms with Crippen LogP contribution in [0.2, 0.25) is 0 Å². The van der Waals surface area contributed by atoms with Crippen molar-refractivity contribution in [3.8, 4) is 17.0 Å². The molecular weight excluding hydrogens is 348 g/mol. The summed E-state index contributed by atoms with van der Waals surface area (Å²) in [5, 5.41) is 4.39. The number of methoxy groups -OCH3 is 1. The first-order chi connectivity index (χ1) is 13.0. The SMILES string of the molecule is COc1ccc(-c2ccc(=O)n(C(C)C(=O)N3CCN(C=O)CC3)n2)cc1. The molecular formula is C19H22N4O4. The second-order valence-corrected chi connectivity index (χ2v) is 6.37. The Bertz CT molecular complexity index is 870. The first-order valence-electron chi connectivity index (χ1n) is 8.76. The van der Waals surface area contributed by atoms with Crippen molar-refractivity contribution in [2.75, 3.05) is 33.3 Å². The molecule has 0 N–H and O–H groups in total. The highest BCUT2D eigenvalue weighted by Crippen LogP contribution is 2.20. The molecule has 2 heterocycles. The minimum Gasteiger partial charge on any atom is -0.497 e. The molecule has 1 unspecified atom stereocenters. The minimum atomic E-state index is -0.724. The molecule has 2 aromatic rings. The zero-order valence-corrected chi connectivity index (χ0v) is 15.4. The number of hydrogen-bond acceptors (Lipinski definition) is 5. The van der Waals surface area contributed by atoms with Gasteiger partial charge in [0, 0.05) is 37.8 Å². The topological polar surface area (TPSA) is 84.7 Å². The van der Waals surface area contributed by atoms with Gasteiger partial charge in [0.1, 0.15) is 11.8 Å². The van der Waals surface area contributed by atoms with Crippen LogP contribution < -0.4 is 10.3 Å². The van der Waals surface area contributed by atoms with Crippen LogP contribution in [0, 0.1) is 0 Å². The van der Waals surface area contributed by atoms with Crippen molar-refractivity contribution < 1.29 is 14.3 Å². The van der Waals surface area contributed by atoms with Crippen molar-refractivity contribution in [1.82, 2.24) is 19.6 Å². The van der Waals surface area contributed by atoms with Crippen molar-refractivity contribution in [3.05, 3.63) is 46.8 Å². The van der Waals surface area contributed by atoms with Crippen LogP contribution >= 0.6 is 0 Å². The van der Waals surface area contributed by atoms with Gasteiger partial charge in [-0.05, 0) is 37.3 Å². The van der Waals surface area contributed by atoms with E-state index in [0.29, 0.717) is 31.9 Å². The molecule has 0 aliphatic carbocycles. The average molecular weight is 370 g/mol. The number of amides is 2. The van der Waals surface area contributed by atoms with E-state index in [-0.39, 0.29) is 11.5 Å². The Morgan fingerprint density at radius 2 is 1.78 bits per heavy atom. The van der Waals surface area contributed by atoms with Gasteiger partial charge in [0.25, 0.3) is 5.56 Å². The van der Waals surface area contributed by atoms with Crippen LogP contribution in [0.25, 0.3) is 11.3 Å². The highest BCUT2D eigenvalue weighted by Gasteiger charge is 2.26. The molecule has 1 aromatic carbocycles. The summed E-state index contributed by atoms with van der Waals surface area (Å²) in [5.74, 6) is 0.548. The molecule has 0 radical (unpaired) electrons. The van der Waals surface area contributed by atoms with Crippen molar-refractivity contribution in [1.29, 1.82) is 0 Å². The second kappa shape index (κ2) is 8.03. The Balaban J connectivity index is 1.81. The van der Waals surface area contributed by atoms with Crippen LogP contribution in [0.1, 0.15) is 13.0 Å². The van der Waals surface area contributed by atoms with Gasteiger partial charge < -0.3 is 14.5 Å². The number of rotatable bonds is 5. The van der Waals surface area contributed by atoms with Gasteiger partial charge in [0.2, 0.25) is 12.3 Å². The maximum atomic E-state index is 12.8. The van der Waals surface area contributed by atoms with Crippen LogP contribution in [0.15, 0.2) is 41.2 Å². The fraction of sp³-hybridized carbons (Fsp3) is 0.368. The molecule has 1 aromatic heterocycles. The molecule has 8 heteroatoms. The lowest BCUT2D eigenvalue weighted by atomic mass is 10.1. The van der Waals surface area contributed by atoms with Crippen LogP contribution in [-0.2, 0) is 9.59 Å². The number of carbonyl (C=O) groups excluding carboxylic acids is 2. The van der Waals surface area contributed by atoms with E-state index >= 15 is 0 Å². The van der Waals surface area contributed by atoms with E-state index < -0.39 is 6.04 Å². The van der Waals surface area contributed by atoms with Gasteiger partial charge in [-0.3, -0.25) is 14.4 Å². The summed E-state index contributed by atoms with van der Waals surface area (Å²) in [4.78, 5) is 39.2. The van der Waals surface area contributed by atoms with Gasteiger partial charge in [-0.2, -0.15) is 5.10 Å². The number of carbonyl (C=O) groups is 2. The van der Waals surface area contributed by atoms with Crippen molar-refractivity contribution in [2.24, 2.45) is 0 Å². The normalized spacial score (nSPS) is 15.3. The monoisotopic (exact) mass is 370 g/mol. The van der Waals surface area contributed by atoms with E-state index in [1.54, 1.807) is 29.9 Å². The zero-order valence-electron chi connectivity index (χ0n) is 15.4. The third-order valence-electron chi connectivity index (χ3n) is 4.71. The van der Waals surface area contributed by atoms with E-state index in [9.17, 15) is 14.4 Å². The van der Waals surface area contributed by atoms with Gasteiger partial charge in [-0.1, -0.05) is 0 Å². The summed E-state index contributed by atoms with van der Waals surface area (Å²) in [7, 11) is 1.59. The fourth-order valence-corrected chi connectivity index (χ4v) is 3.04. The molecule has 0 spiro atoms. The largest absolute Gasteiger partial charge is 0.497 e. The maximum absolute atomic E-state index is 12.8. The molecule has 142 valence electrons. The van der Waals surface area contributed by atoms with Crippen molar-refractivity contribution in [3.63, 3.8) is 0 Å². The van der Waals surface area contributed by atoms with E-state index in [0.717, 1.165) is 17.7 Å². The third-order valence-corrected chi connectivity index (χ3v) is 4.71. The van der Waals surface area contributed by atoms with Crippen molar-refractivity contribution >= 4 is 12.3 Å². The fourth-order valence-electron chi connectivity index (χ4n) is 3.04. The Morgan fingerprint density at radius 3 is 2.37 bits per heavy atom. The number of nitrogens with zero attached hydrogens (tertiary/aromatic N) is 4. The summed E-state index contributed by atoms with van der Waals surface area (Å²) >= 11 is 0. The molecule has 0 bridgehead atoms. The summed E-state index contributed by atoms with van der Waals surface area (Å²) in [6.45, 7) is 3.57. The lowest BCUT2D eigenvalue weighted by Crippen LogP contribution is -2.50. The van der Waals surface area contributed by atoms with E-state index in [1.807, 2.05) is 24.3 Å². The molecule has 2 amide bonds. The maximum Gasteiger partial charge on any atom is 0.267 e. The molecule has 1 aliphatic rings. The highest BCUT2D eigenvalue weighted by atomic mass is 16.5. The molecule has 1 aliphatic heterocycles. The quantitative estimate of drug-likeness (QED) is 0.726. The Morgan fingerprint density at radius 1 is 1.11 bits per heavy atom. The molecule has 0 saturated carbocycles. The number of aromatic nitrogens is 2. The van der Waals surface area contributed by atoms with Gasteiger partial charge in [-0.25, -0.2) is 4.68 Å². The average Bonchev–Trinajstić information content (AvgIpc) is 2.73. The van der Waals surface area contributed by atoms with Crippen LogP contribution in [0.5, 0.6) is 5.75 Å². The Kier molecular flexibility index (Phi) is 5.54. The zero-order chi connectivity index (χ0) is 19.4. The molecule has 8 nitrogen and oxygen atoms in total. The van der Waals surface area contributed by atoms with Gasteiger partial charge in [0.15, 0.2) is 0 Å². The highest BCUT2D eigenvalue weighted by molar-refractivity contribution is 5.80. The molecule has 1 atom stereocenters. The minimum absolute atomic E-state index is 0.179. The van der Waals surface area contributed by atoms with E-state index in [4.69, 9.17) is 4.74 Å². The number of hydrogen-bond donors (Lipinski definition) is 0. The molecule has 3 rings (SSSR count). The molecule has 27 heavy (non-hydrogen) atoms. The van der Waals surface area contributed by atoms with Gasteiger partial charge in [0.05, 0.1) is 12.8 Å². The Labute approximate surface area is 157 Å². The van der Waals surface area contributed by atoms with Gasteiger partial charge >= 0.3 is 0 Å². The third kappa shape index (κ3) is 3.99. The number of benzene rings is 1. The second-order valence-electron chi connectivity index (χ2n) is 6.37. The summed E-state index contributed by atoms with van der Waals surface area (Å²) in [6, 6.07) is 9.66. The number of ether oxygens (including phenoxy) is 1. The summed E-state index contributed by atoms with van der Waals surface area (Å²) in [5.41, 5.74) is 1.09.